The third-order valence-corrected chi connectivity index (χ3v) is 6.14. The summed E-state index contributed by atoms with van der Waals surface area (Å²) in [6.07, 6.45) is 3.34. The van der Waals surface area contributed by atoms with Gasteiger partial charge in [0.15, 0.2) is 0 Å². The maximum absolute atomic E-state index is 12.2. The van der Waals surface area contributed by atoms with Gasteiger partial charge in [0.05, 0.1) is 18.8 Å². The Kier molecular flexibility index (Phi) is 7.76. The number of hydrogen-bond donors (Lipinski definition) is 3. The summed E-state index contributed by atoms with van der Waals surface area (Å²) < 4.78 is 1.95. The predicted molar refractivity (Wildman–Crippen MR) is 125 cm³/mol. The van der Waals surface area contributed by atoms with Crippen LogP contribution >= 0.6 is 12.4 Å². The zero-order chi connectivity index (χ0) is 22.0. The van der Waals surface area contributed by atoms with Crippen LogP contribution in [0.3, 0.4) is 0 Å². The fraction of sp³-hybridized carbons (Fsp3) is 0.500. The van der Waals surface area contributed by atoms with Crippen molar-refractivity contribution in [3.05, 3.63) is 36.2 Å². The molecule has 2 atom stereocenters. The Balaban J connectivity index is 0.00000289. The monoisotopic (exact) mass is 462 g/mol. The van der Waals surface area contributed by atoms with E-state index in [1.165, 1.54) is 0 Å². The summed E-state index contributed by atoms with van der Waals surface area (Å²) in [6, 6.07) is 5.43. The molecule has 1 aromatic carbocycles. The number of hydrogen-bond acceptors (Lipinski definition) is 5. The first kappa shape index (κ1) is 24.0. The van der Waals surface area contributed by atoms with Crippen LogP contribution in [0.25, 0.3) is 11.1 Å². The van der Waals surface area contributed by atoms with Crippen LogP contribution in [0.4, 0.5) is 10.5 Å². The maximum Gasteiger partial charge on any atom is 0.405 e. The summed E-state index contributed by atoms with van der Waals surface area (Å²) >= 11 is 0. The Morgan fingerprint density at radius 1 is 1.22 bits per heavy atom. The fourth-order valence-corrected chi connectivity index (χ4v) is 4.62. The highest BCUT2D eigenvalue weighted by molar-refractivity contribution is 5.94. The topological polar surface area (TPSA) is 103 Å². The van der Waals surface area contributed by atoms with Crippen LogP contribution < -0.4 is 15.5 Å². The molecule has 3 heterocycles. The van der Waals surface area contributed by atoms with Crippen LogP contribution in [-0.4, -0.2) is 70.6 Å². The minimum Gasteiger partial charge on any atom is -0.465 e. The molecule has 0 radical (unpaired) electrons. The van der Waals surface area contributed by atoms with Crippen LogP contribution in [0.15, 0.2) is 30.6 Å². The van der Waals surface area contributed by atoms with Gasteiger partial charge in [-0.1, -0.05) is 6.07 Å². The molecular formula is C22H31ClN6O3. The number of nitrogens with one attached hydrogen (secondary N) is 2. The zero-order valence-electron chi connectivity index (χ0n) is 18.5. The van der Waals surface area contributed by atoms with E-state index in [1.54, 1.807) is 11.8 Å². The third-order valence-electron chi connectivity index (χ3n) is 6.14. The van der Waals surface area contributed by atoms with Crippen molar-refractivity contribution in [1.29, 1.82) is 0 Å². The Morgan fingerprint density at radius 2 is 1.97 bits per heavy atom. The number of anilines is 1. The van der Waals surface area contributed by atoms with E-state index in [1.807, 2.05) is 42.2 Å². The molecule has 1 fully saturated rings. The first-order chi connectivity index (χ1) is 14.9. The highest BCUT2D eigenvalue weighted by Gasteiger charge is 2.33. The van der Waals surface area contributed by atoms with E-state index in [4.69, 9.17) is 0 Å². The molecule has 0 aliphatic carbocycles. The van der Waals surface area contributed by atoms with Gasteiger partial charge in [-0.25, -0.2) is 4.79 Å². The quantitative estimate of drug-likeness (QED) is 0.630. The second-order valence-corrected chi connectivity index (χ2v) is 8.33. The lowest BCUT2D eigenvalue weighted by molar-refractivity contribution is -0.117. The molecular weight excluding hydrogens is 432 g/mol. The number of piperazine rings is 1. The van der Waals surface area contributed by atoms with Crippen LogP contribution in [-0.2, 0) is 11.3 Å². The lowest BCUT2D eigenvalue weighted by Gasteiger charge is -2.39. The normalized spacial score (nSPS) is 20.9. The number of carboxylic acid groups (broad SMARTS) is 1. The van der Waals surface area contributed by atoms with Gasteiger partial charge in [0.2, 0.25) is 5.91 Å². The van der Waals surface area contributed by atoms with E-state index in [0.717, 1.165) is 61.6 Å². The molecule has 1 aromatic heterocycles. The molecule has 0 bridgehead atoms. The molecule has 2 aromatic rings. The number of halogens is 1. The predicted octanol–water partition coefficient (Wildman–Crippen LogP) is 2.33. The number of benzene rings is 1. The van der Waals surface area contributed by atoms with E-state index in [-0.39, 0.29) is 30.4 Å². The molecule has 2 aliphatic heterocycles. The van der Waals surface area contributed by atoms with Crippen molar-refractivity contribution in [2.75, 3.05) is 37.6 Å². The van der Waals surface area contributed by atoms with Crippen LogP contribution in [0.5, 0.6) is 0 Å². The number of nitrogens with zero attached hydrogens (tertiary/aromatic N) is 4. The summed E-state index contributed by atoms with van der Waals surface area (Å²) in [6.45, 7) is 9.44. The van der Waals surface area contributed by atoms with Crippen molar-refractivity contribution in [3.63, 3.8) is 0 Å². The average molecular weight is 463 g/mol. The summed E-state index contributed by atoms with van der Waals surface area (Å²) in [5.74, 6) is -0.0454. The smallest absolute Gasteiger partial charge is 0.405 e. The molecule has 0 saturated carbocycles. The summed E-state index contributed by atoms with van der Waals surface area (Å²) in [5, 5.41) is 19.8. The Hall–Kier alpha value is -2.62. The number of aromatic nitrogens is 2. The molecule has 0 unspecified atom stereocenters. The Bertz CT molecular complexity index is 959. The standard InChI is InChI=1S/C22H30N6O3.ClH/c1-15-11-20(25-22(30)31)19-12-17(3-4-21(19)28(15)16(2)29)18-13-24-27(14-18)10-9-26-7-5-23-6-8-26;/h3-4,12-15,20,23,25H,5-11H2,1-2H3,(H,30,31);1H/t15-,20+;/m0./s1. The summed E-state index contributed by atoms with van der Waals surface area (Å²) in [5.41, 5.74) is 3.52. The van der Waals surface area contributed by atoms with Gasteiger partial charge in [-0.3, -0.25) is 14.4 Å². The fourth-order valence-electron chi connectivity index (χ4n) is 4.62. The van der Waals surface area contributed by atoms with Gasteiger partial charge < -0.3 is 20.6 Å². The molecule has 3 N–H and O–H groups in total. The van der Waals surface area contributed by atoms with E-state index < -0.39 is 6.09 Å². The number of carbonyl (C=O) groups excluding carboxylic acids is 1. The number of amides is 2. The second kappa shape index (κ2) is 10.3. The molecule has 32 heavy (non-hydrogen) atoms. The van der Waals surface area contributed by atoms with Gasteiger partial charge in [0, 0.05) is 63.1 Å². The SMILES string of the molecule is CC(=O)N1c2ccc(-c3cnn(CCN4CCNCC4)c3)cc2[C@H](NC(=O)O)C[C@@H]1C.Cl. The lowest BCUT2D eigenvalue weighted by atomic mass is 9.89. The Morgan fingerprint density at radius 3 is 2.66 bits per heavy atom. The lowest BCUT2D eigenvalue weighted by Crippen LogP contribution is -2.45. The van der Waals surface area contributed by atoms with Gasteiger partial charge >= 0.3 is 6.09 Å². The first-order valence-corrected chi connectivity index (χ1v) is 10.8. The van der Waals surface area contributed by atoms with Crippen molar-refractivity contribution >= 4 is 30.1 Å². The van der Waals surface area contributed by atoms with E-state index in [0.29, 0.717) is 6.42 Å². The van der Waals surface area contributed by atoms with Gasteiger partial charge in [-0.2, -0.15) is 5.10 Å². The van der Waals surface area contributed by atoms with E-state index in [2.05, 4.69) is 20.6 Å². The van der Waals surface area contributed by atoms with Crippen LogP contribution in [0, 0.1) is 0 Å². The van der Waals surface area contributed by atoms with Crippen molar-refractivity contribution in [1.82, 2.24) is 25.3 Å². The molecule has 0 spiro atoms. The first-order valence-electron chi connectivity index (χ1n) is 10.8. The molecule has 174 valence electrons. The summed E-state index contributed by atoms with van der Waals surface area (Å²) in [7, 11) is 0. The van der Waals surface area contributed by atoms with Crippen molar-refractivity contribution in [2.45, 2.75) is 38.9 Å². The molecule has 9 nitrogen and oxygen atoms in total. The maximum atomic E-state index is 12.2. The number of rotatable bonds is 5. The van der Waals surface area contributed by atoms with Crippen molar-refractivity contribution in [2.24, 2.45) is 0 Å². The highest BCUT2D eigenvalue weighted by atomic mass is 35.5. The molecule has 2 amide bonds. The minimum absolute atomic E-state index is 0. The van der Waals surface area contributed by atoms with Gasteiger partial charge in [-0.05, 0) is 36.6 Å². The van der Waals surface area contributed by atoms with Gasteiger partial charge in [-0.15, -0.1) is 12.4 Å². The van der Waals surface area contributed by atoms with Gasteiger partial charge in [0.25, 0.3) is 0 Å². The second-order valence-electron chi connectivity index (χ2n) is 8.33. The Labute approximate surface area is 194 Å². The van der Waals surface area contributed by atoms with Crippen LogP contribution in [0.2, 0.25) is 0 Å². The van der Waals surface area contributed by atoms with Crippen molar-refractivity contribution in [3.8, 4) is 11.1 Å². The minimum atomic E-state index is -1.06. The highest BCUT2D eigenvalue weighted by Crippen LogP contribution is 2.39. The zero-order valence-corrected chi connectivity index (χ0v) is 19.3. The molecule has 4 rings (SSSR count). The number of fused-ring (bicyclic) bond motifs is 1. The van der Waals surface area contributed by atoms with E-state index >= 15 is 0 Å². The third kappa shape index (κ3) is 5.23. The van der Waals surface area contributed by atoms with Crippen molar-refractivity contribution < 1.29 is 14.7 Å². The molecule has 10 heteroatoms. The molecule has 1 saturated heterocycles. The van der Waals surface area contributed by atoms with E-state index in [9.17, 15) is 14.7 Å². The van der Waals surface area contributed by atoms with Crippen LogP contribution in [0.1, 0.15) is 31.9 Å². The largest absolute Gasteiger partial charge is 0.465 e. The molecule has 2 aliphatic rings. The number of carbonyl (C=O) groups is 2. The summed E-state index contributed by atoms with van der Waals surface area (Å²) in [4.78, 5) is 27.7. The average Bonchev–Trinajstić information content (AvgIpc) is 3.21. The van der Waals surface area contributed by atoms with Gasteiger partial charge in [0.1, 0.15) is 0 Å².